The van der Waals surface area contributed by atoms with E-state index in [9.17, 15) is 19.5 Å². The average Bonchev–Trinajstić information content (AvgIpc) is 3.02. The summed E-state index contributed by atoms with van der Waals surface area (Å²) < 4.78 is 6.27. The van der Waals surface area contributed by atoms with Gasteiger partial charge in [-0.05, 0) is 25.1 Å². The number of carbonyl (C=O) groups is 3. The van der Waals surface area contributed by atoms with Crippen LogP contribution in [0.15, 0.2) is 64.8 Å². The first kappa shape index (κ1) is 20.7. The third-order valence-electron chi connectivity index (χ3n) is 4.21. The summed E-state index contributed by atoms with van der Waals surface area (Å²) in [4.78, 5) is 35.9. The minimum atomic E-state index is -0.694. The molecule has 0 bridgehead atoms. The molecule has 9 nitrogen and oxygen atoms in total. The molecule has 0 aliphatic carbocycles. The molecule has 0 aliphatic heterocycles. The second kappa shape index (κ2) is 9.46. The Morgan fingerprint density at radius 1 is 1.07 bits per heavy atom. The van der Waals surface area contributed by atoms with E-state index in [0.717, 1.165) is 0 Å². The van der Waals surface area contributed by atoms with Gasteiger partial charge in [0.1, 0.15) is 13.1 Å². The largest absolute Gasteiger partial charge is 0.493 e. The van der Waals surface area contributed by atoms with Crippen LogP contribution in [0.2, 0.25) is 0 Å². The average molecular weight is 408 g/mol. The highest BCUT2D eigenvalue weighted by Gasteiger charge is 2.19. The van der Waals surface area contributed by atoms with Gasteiger partial charge in [-0.2, -0.15) is 0 Å². The first-order chi connectivity index (χ1) is 14.5. The second-order valence-electron chi connectivity index (χ2n) is 6.22. The Hall–Kier alpha value is -4.01. The number of hydrogen-bond donors (Lipinski definition) is 2. The first-order valence-electron chi connectivity index (χ1n) is 9.25. The summed E-state index contributed by atoms with van der Waals surface area (Å²) in [5, 5.41) is 20.9. The van der Waals surface area contributed by atoms with E-state index < -0.39 is 17.8 Å². The highest BCUT2D eigenvalue weighted by atomic mass is 16.5. The molecule has 2 aromatic carbocycles. The van der Waals surface area contributed by atoms with Gasteiger partial charge in [-0.1, -0.05) is 36.4 Å². The molecule has 154 valence electrons. The zero-order chi connectivity index (χ0) is 21.5. The molecular formula is C21H20N4O5. The van der Waals surface area contributed by atoms with Crippen molar-refractivity contribution in [2.75, 3.05) is 13.2 Å². The van der Waals surface area contributed by atoms with Crippen molar-refractivity contribution in [2.45, 2.75) is 13.5 Å². The number of nitrogens with zero attached hydrogens (tertiary/aromatic N) is 3. The number of esters is 1. The molecule has 30 heavy (non-hydrogen) atoms. The van der Waals surface area contributed by atoms with Crippen molar-refractivity contribution in [3.05, 3.63) is 60.2 Å². The van der Waals surface area contributed by atoms with Crippen molar-refractivity contribution >= 4 is 34.4 Å². The Morgan fingerprint density at radius 3 is 2.50 bits per heavy atom. The number of benzene rings is 2. The Bertz CT molecular complexity index is 1110. The van der Waals surface area contributed by atoms with Crippen LogP contribution in [0.1, 0.15) is 17.3 Å². The van der Waals surface area contributed by atoms with E-state index in [-0.39, 0.29) is 31.3 Å². The van der Waals surface area contributed by atoms with Crippen molar-refractivity contribution in [1.29, 1.82) is 0 Å². The van der Waals surface area contributed by atoms with Crippen molar-refractivity contribution in [3.8, 4) is 5.88 Å². The van der Waals surface area contributed by atoms with E-state index in [0.29, 0.717) is 16.5 Å². The number of azo groups is 1. The summed E-state index contributed by atoms with van der Waals surface area (Å²) in [6, 6.07) is 15.3. The lowest BCUT2D eigenvalue weighted by atomic mass is 10.2. The number of nitrogens with one attached hydrogen (secondary N) is 1. The van der Waals surface area contributed by atoms with Crippen LogP contribution >= 0.6 is 0 Å². The van der Waals surface area contributed by atoms with Crippen LogP contribution in [0.3, 0.4) is 0 Å². The number of amides is 2. The van der Waals surface area contributed by atoms with E-state index in [4.69, 9.17) is 4.74 Å². The van der Waals surface area contributed by atoms with E-state index >= 15 is 0 Å². The maximum Gasteiger partial charge on any atom is 0.326 e. The summed E-state index contributed by atoms with van der Waals surface area (Å²) in [5.74, 6) is -1.93. The lowest BCUT2D eigenvalue weighted by Crippen LogP contribution is -2.28. The van der Waals surface area contributed by atoms with Gasteiger partial charge in [0, 0.05) is 10.9 Å². The van der Waals surface area contributed by atoms with Crippen LogP contribution < -0.4 is 5.32 Å². The van der Waals surface area contributed by atoms with Gasteiger partial charge in [-0.3, -0.25) is 19.0 Å². The quantitative estimate of drug-likeness (QED) is 0.460. The van der Waals surface area contributed by atoms with Crippen LogP contribution in [0.5, 0.6) is 5.88 Å². The van der Waals surface area contributed by atoms with Gasteiger partial charge in [-0.25, -0.2) is 0 Å². The van der Waals surface area contributed by atoms with Gasteiger partial charge in [0.25, 0.3) is 11.8 Å². The SMILES string of the molecule is CCOC(=O)Cn1c(O)c(N=NC(=O)CNC(=O)c2ccccc2)c2ccccc21. The molecule has 9 heteroatoms. The van der Waals surface area contributed by atoms with Crippen molar-refractivity contribution in [1.82, 2.24) is 9.88 Å². The van der Waals surface area contributed by atoms with E-state index in [1.165, 1.54) is 4.57 Å². The van der Waals surface area contributed by atoms with Gasteiger partial charge < -0.3 is 15.2 Å². The van der Waals surface area contributed by atoms with Crippen LogP contribution in [-0.4, -0.2) is 40.6 Å². The Balaban J connectivity index is 1.75. The smallest absolute Gasteiger partial charge is 0.326 e. The molecule has 3 aromatic rings. The number of fused-ring (bicyclic) bond motifs is 1. The number of ether oxygens (including phenoxy) is 1. The zero-order valence-corrected chi connectivity index (χ0v) is 16.2. The first-order valence-corrected chi connectivity index (χ1v) is 9.25. The molecule has 0 saturated carbocycles. The normalized spacial score (nSPS) is 11.0. The maximum atomic E-state index is 12.0. The Labute approximate surface area is 172 Å². The molecule has 3 rings (SSSR count). The van der Waals surface area contributed by atoms with Crippen LogP contribution in [0.25, 0.3) is 10.9 Å². The topological polar surface area (TPSA) is 122 Å². The zero-order valence-electron chi connectivity index (χ0n) is 16.2. The fourth-order valence-corrected chi connectivity index (χ4v) is 2.85. The summed E-state index contributed by atoms with van der Waals surface area (Å²) in [6.07, 6.45) is 0. The molecule has 2 N–H and O–H groups in total. The van der Waals surface area contributed by atoms with Gasteiger partial charge in [0.2, 0.25) is 5.88 Å². The molecular weight excluding hydrogens is 388 g/mol. The van der Waals surface area contributed by atoms with E-state index in [1.54, 1.807) is 61.5 Å². The minimum Gasteiger partial charge on any atom is -0.493 e. The fraction of sp³-hybridized carbons (Fsp3) is 0.190. The van der Waals surface area contributed by atoms with Crippen molar-refractivity contribution < 1.29 is 24.2 Å². The lowest BCUT2D eigenvalue weighted by Gasteiger charge is -2.06. The van der Waals surface area contributed by atoms with Gasteiger partial charge in [0.15, 0.2) is 5.69 Å². The number of rotatable bonds is 7. The second-order valence-corrected chi connectivity index (χ2v) is 6.22. The number of carbonyl (C=O) groups excluding carboxylic acids is 3. The van der Waals surface area contributed by atoms with Gasteiger partial charge in [-0.15, -0.1) is 10.2 Å². The number of aromatic hydroxyl groups is 1. The van der Waals surface area contributed by atoms with Crippen LogP contribution in [-0.2, 0) is 20.9 Å². The molecule has 2 amide bonds. The molecule has 1 aromatic heterocycles. The highest BCUT2D eigenvalue weighted by Crippen LogP contribution is 2.38. The third kappa shape index (κ3) is 4.69. The summed E-state index contributed by atoms with van der Waals surface area (Å²) in [5.41, 5.74) is 1.02. The molecule has 0 spiro atoms. The molecule has 1 heterocycles. The molecule has 0 atom stereocenters. The lowest BCUT2D eigenvalue weighted by molar-refractivity contribution is -0.143. The number of para-hydroxylation sites is 1. The minimum absolute atomic E-state index is 0.0534. The van der Waals surface area contributed by atoms with Crippen molar-refractivity contribution in [2.24, 2.45) is 10.2 Å². The summed E-state index contributed by atoms with van der Waals surface area (Å²) >= 11 is 0. The van der Waals surface area contributed by atoms with Crippen LogP contribution in [0, 0.1) is 0 Å². The Morgan fingerprint density at radius 2 is 1.77 bits per heavy atom. The van der Waals surface area contributed by atoms with E-state index in [1.807, 2.05) is 0 Å². The number of hydrogen-bond acceptors (Lipinski definition) is 6. The van der Waals surface area contributed by atoms with Gasteiger partial charge in [0.05, 0.1) is 12.1 Å². The third-order valence-corrected chi connectivity index (χ3v) is 4.21. The van der Waals surface area contributed by atoms with Crippen LogP contribution in [0.4, 0.5) is 5.69 Å². The fourth-order valence-electron chi connectivity index (χ4n) is 2.85. The molecule has 0 saturated heterocycles. The van der Waals surface area contributed by atoms with Crippen molar-refractivity contribution in [3.63, 3.8) is 0 Å². The highest BCUT2D eigenvalue weighted by molar-refractivity contribution is 5.97. The molecule has 0 unspecified atom stereocenters. The summed E-state index contributed by atoms with van der Waals surface area (Å²) in [7, 11) is 0. The molecule has 0 aliphatic rings. The molecule has 0 fully saturated rings. The van der Waals surface area contributed by atoms with Gasteiger partial charge >= 0.3 is 5.97 Å². The standard InChI is InChI=1S/C21H20N4O5/c1-2-30-18(27)13-25-16-11-7-6-10-15(16)19(21(25)29)24-23-17(26)12-22-20(28)14-8-4-3-5-9-14/h3-11,29H,2,12-13H2,1H3,(H,22,28). The predicted octanol–water partition coefficient (Wildman–Crippen LogP) is 2.95. The van der Waals surface area contributed by atoms with E-state index in [2.05, 4.69) is 15.5 Å². The molecule has 0 radical (unpaired) electrons. The summed E-state index contributed by atoms with van der Waals surface area (Å²) in [6.45, 7) is 1.35. The maximum absolute atomic E-state index is 12.0. The number of aromatic nitrogens is 1. The monoisotopic (exact) mass is 408 g/mol. The predicted molar refractivity (Wildman–Crippen MR) is 109 cm³/mol. The Kier molecular flexibility index (Phi) is 6.53.